The molecule has 2 rings (SSSR count). The van der Waals surface area contributed by atoms with Gasteiger partial charge in [0.1, 0.15) is 5.82 Å². The van der Waals surface area contributed by atoms with E-state index >= 15 is 0 Å². The summed E-state index contributed by atoms with van der Waals surface area (Å²) in [6.07, 6.45) is 0. The summed E-state index contributed by atoms with van der Waals surface area (Å²) in [4.78, 5) is 0. The van der Waals surface area contributed by atoms with Crippen LogP contribution in [0.15, 0.2) is 46.0 Å². The van der Waals surface area contributed by atoms with Crippen LogP contribution in [0.25, 0.3) is 0 Å². The maximum absolute atomic E-state index is 14.3. The average Bonchev–Trinajstić information content (AvgIpc) is 2.49. The zero-order chi connectivity index (χ0) is 15.4. The first-order valence-corrected chi connectivity index (χ1v) is 7.08. The standard InChI is InChI=1S/C15H15BrFN3O/c1-9-4-2-7-12(13(9)16)19-8-10-5-3-6-11(14(10)17)15(18)20-21/h2-7,19,21H,8H2,1H3,(H2,18,20). The second-order valence-corrected chi connectivity index (χ2v) is 5.35. The minimum Gasteiger partial charge on any atom is -0.409 e. The van der Waals surface area contributed by atoms with Gasteiger partial charge in [0.25, 0.3) is 0 Å². The van der Waals surface area contributed by atoms with Gasteiger partial charge >= 0.3 is 0 Å². The van der Waals surface area contributed by atoms with Gasteiger partial charge in [0.05, 0.1) is 5.56 Å². The van der Waals surface area contributed by atoms with E-state index in [1.54, 1.807) is 12.1 Å². The summed E-state index contributed by atoms with van der Waals surface area (Å²) in [6.45, 7) is 2.27. The van der Waals surface area contributed by atoms with Crippen LogP contribution in [0.2, 0.25) is 0 Å². The van der Waals surface area contributed by atoms with Gasteiger partial charge in [0.2, 0.25) is 0 Å². The van der Waals surface area contributed by atoms with Crippen LogP contribution in [0.4, 0.5) is 10.1 Å². The second kappa shape index (κ2) is 6.58. The summed E-state index contributed by atoms with van der Waals surface area (Å²) in [5.74, 6) is -0.741. The van der Waals surface area contributed by atoms with Gasteiger partial charge in [-0.3, -0.25) is 0 Å². The number of nitrogens with zero attached hydrogens (tertiary/aromatic N) is 1. The van der Waals surface area contributed by atoms with Crippen LogP contribution in [0.5, 0.6) is 0 Å². The lowest BCUT2D eigenvalue weighted by molar-refractivity contribution is 0.318. The first-order chi connectivity index (χ1) is 10.0. The SMILES string of the molecule is Cc1cccc(NCc2cccc(/C(N)=N/O)c2F)c1Br. The Labute approximate surface area is 130 Å². The van der Waals surface area contributed by atoms with Crippen LogP contribution < -0.4 is 11.1 Å². The zero-order valence-electron chi connectivity index (χ0n) is 11.4. The number of amidine groups is 1. The van der Waals surface area contributed by atoms with Gasteiger partial charge in [-0.2, -0.15) is 0 Å². The van der Waals surface area contributed by atoms with Crippen molar-refractivity contribution in [1.82, 2.24) is 0 Å². The molecule has 0 fully saturated rings. The molecule has 4 nitrogen and oxygen atoms in total. The highest BCUT2D eigenvalue weighted by Gasteiger charge is 2.11. The van der Waals surface area contributed by atoms with Gasteiger partial charge in [-0.1, -0.05) is 29.4 Å². The zero-order valence-corrected chi connectivity index (χ0v) is 13.0. The van der Waals surface area contributed by atoms with Crippen molar-refractivity contribution >= 4 is 27.5 Å². The molecular formula is C15H15BrFN3O. The number of oxime groups is 1. The van der Waals surface area contributed by atoms with Crippen molar-refractivity contribution in [2.75, 3.05) is 5.32 Å². The van der Waals surface area contributed by atoms with Gasteiger partial charge in [-0.15, -0.1) is 0 Å². The van der Waals surface area contributed by atoms with E-state index in [0.29, 0.717) is 12.1 Å². The first-order valence-electron chi connectivity index (χ1n) is 6.29. The lowest BCUT2D eigenvalue weighted by Gasteiger charge is -2.12. The van der Waals surface area contributed by atoms with E-state index in [1.165, 1.54) is 6.07 Å². The molecule has 0 spiro atoms. The van der Waals surface area contributed by atoms with Crippen LogP contribution >= 0.6 is 15.9 Å². The normalized spacial score (nSPS) is 11.5. The van der Waals surface area contributed by atoms with Gasteiger partial charge in [0, 0.05) is 22.3 Å². The highest BCUT2D eigenvalue weighted by atomic mass is 79.9. The number of anilines is 1. The summed E-state index contributed by atoms with van der Waals surface area (Å²) < 4.78 is 15.2. The average molecular weight is 352 g/mol. The molecule has 0 aliphatic heterocycles. The van der Waals surface area contributed by atoms with Crippen LogP contribution in [0.3, 0.4) is 0 Å². The quantitative estimate of drug-likeness (QED) is 0.341. The van der Waals surface area contributed by atoms with E-state index in [-0.39, 0.29) is 11.4 Å². The number of hydrogen-bond acceptors (Lipinski definition) is 3. The molecule has 0 unspecified atom stereocenters. The maximum Gasteiger partial charge on any atom is 0.173 e. The minimum atomic E-state index is -0.496. The summed E-state index contributed by atoms with van der Waals surface area (Å²) in [5.41, 5.74) is 7.94. The van der Waals surface area contributed by atoms with E-state index in [1.807, 2.05) is 25.1 Å². The Hall–Kier alpha value is -2.08. The van der Waals surface area contributed by atoms with E-state index in [2.05, 4.69) is 26.4 Å². The highest BCUT2D eigenvalue weighted by molar-refractivity contribution is 9.10. The lowest BCUT2D eigenvalue weighted by atomic mass is 10.1. The molecule has 2 aromatic rings. The van der Waals surface area contributed by atoms with E-state index < -0.39 is 5.82 Å². The fourth-order valence-corrected chi connectivity index (χ4v) is 2.35. The highest BCUT2D eigenvalue weighted by Crippen LogP contribution is 2.26. The molecule has 6 heteroatoms. The molecule has 0 heterocycles. The summed E-state index contributed by atoms with van der Waals surface area (Å²) in [7, 11) is 0. The van der Waals surface area contributed by atoms with Crippen LogP contribution in [0, 0.1) is 12.7 Å². The lowest BCUT2D eigenvalue weighted by Crippen LogP contribution is -2.16. The molecular weight excluding hydrogens is 337 g/mol. The molecule has 0 radical (unpaired) electrons. The van der Waals surface area contributed by atoms with Crippen LogP contribution in [0.1, 0.15) is 16.7 Å². The van der Waals surface area contributed by atoms with Crippen molar-refractivity contribution in [3.8, 4) is 0 Å². The number of benzene rings is 2. The summed E-state index contributed by atoms with van der Waals surface area (Å²) in [6, 6.07) is 10.6. The Kier molecular flexibility index (Phi) is 4.80. The second-order valence-electron chi connectivity index (χ2n) is 4.55. The predicted octanol–water partition coefficient (Wildman–Crippen LogP) is 3.60. The molecule has 21 heavy (non-hydrogen) atoms. The molecule has 0 amide bonds. The molecule has 0 atom stereocenters. The molecule has 0 saturated heterocycles. The van der Waals surface area contributed by atoms with E-state index in [9.17, 15) is 4.39 Å². The Morgan fingerprint density at radius 2 is 2.05 bits per heavy atom. The van der Waals surface area contributed by atoms with Crippen molar-refractivity contribution in [2.45, 2.75) is 13.5 Å². The fraction of sp³-hybridized carbons (Fsp3) is 0.133. The van der Waals surface area contributed by atoms with Crippen molar-refractivity contribution in [1.29, 1.82) is 0 Å². The molecule has 0 bridgehead atoms. The molecule has 0 aromatic heterocycles. The Balaban J connectivity index is 2.23. The number of hydrogen-bond donors (Lipinski definition) is 3. The monoisotopic (exact) mass is 351 g/mol. The number of aryl methyl sites for hydroxylation is 1. The van der Waals surface area contributed by atoms with Gasteiger partial charge in [-0.05, 0) is 40.5 Å². The van der Waals surface area contributed by atoms with Gasteiger partial charge < -0.3 is 16.3 Å². The largest absolute Gasteiger partial charge is 0.409 e. The predicted molar refractivity (Wildman–Crippen MR) is 85.1 cm³/mol. The summed E-state index contributed by atoms with van der Waals surface area (Å²) >= 11 is 3.49. The van der Waals surface area contributed by atoms with Crippen LogP contribution in [-0.4, -0.2) is 11.0 Å². The van der Waals surface area contributed by atoms with E-state index in [4.69, 9.17) is 10.9 Å². The van der Waals surface area contributed by atoms with Crippen molar-refractivity contribution in [3.05, 3.63) is 63.4 Å². The summed E-state index contributed by atoms with van der Waals surface area (Å²) in [5, 5.41) is 14.6. The topological polar surface area (TPSA) is 70.6 Å². The molecule has 2 aromatic carbocycles. The van der Waals surface area contributed by atoms with E-state index in [0.717, 1.165) is 15.7 Å². The number of rotatable bonds is 4. The molecule has 4 N–H and O–H groups in total. The van der Waals surface area contributed by atoms with Crippen molar-refractivity contribution in [2.24, 2.45) is 10.9 Å². The minimum absolute atomic E-state index is 0.0834. The van der Waals surface area contributed by atoms with Crippen molar-refractivity contribution < 1.29 is 9.60 Å². The number of nitrogens with one attached hydrogen (secondary N) is 1. The van der Waals surface area contributed by atoms with Crippen LogP contribution in [-0.2, 0) is 6.54 Å². The Morgan fingerprint density at radius 3 is 2.76 bits per heavy atom. The maximum atomic E-state index is 14.3. The smallest absolute Gasteiger partial charge is 0.173 e. The van der Waals surface area contributed by atoms with Crippen molar-refractivity contribution in [3.63, 3.8) is 0 Å². The Morgan fingerprint density at radius 1 is 1.33 bits per heavy atom. The molecule has 0 aliphatic carbocycles. The third-order valence-electron chi connectivity index (χ3n) is 3.12. The molecule has 0 saturated carbocycles. The third kappa shape index (κ3) is 3.33. The Bertz CT molecular complexity index is 689. The van der Waals surface area contributed by atoms with Gasteiger partial charge in [-0.25, -0.2) is 4.39 Å². The third-order valence-corrected chi connectivity index (χ3v) is 4.18. The number of nitrogens with two attached hydrogens (primary N) is 1. The molecule has 110 valence electrons. The van der Waals surface area contributed by atoms with Gasteiger partial charge in [0.15, 0.2) is 5.84 Å². The molecule has 0 aliphatic rings. The fourth-order valence-electron chi connectivity index (χ4n) is 1.94. The first kappa shape index (κ1) is 15.3. The number of halogens is 2.